The molecule has 2 aliphatic heterocycles. The molecule has 0 bridgehead atoms. The van der Waals surface area contributed by atoms with Crippen LogP contribution in [-0.4, -0.2) is 51.6 Å². The van der Waals surface area contributed by atoms with Crippen molar-refractivity contribution in [1.82, 2.24) is 4.90 Å². The number of hydrogen-bond acceptors (Lipinski definition) is 4. The van der Waals surface area contributed by atoms with E-state index in [4.69, 9.17) is 0 Å². The molecule has 0 aromatic rings. The van der Waals surface area contributed by atoms with E-state index in [1.807, 2.05) is 0 Å². The number of piperidine rings is 1. The van der Waals surface area contributed by atoms with Crippen LogP contribution in [0.3, 0.4) is 0 Å². The Kier molecular flexibility index (Phi) is 4.20. The number of allylic oxidation sites excluding steroid dienone is 1. The van der Waals surface area contributed by atoms with Crippen molar-refractivity contribution in [3.05, 3.63) is 35.1 Å². The minimum Gasteiger partial charge on any atom is -0.509 e. The molecule has 0 saturated carbocycles. The van der Waals surface area contributed by atoms with Gasteiger partial charge in [0.2, 0.25) is 0 Å². The summed E-state index contributed by atoms with van der Waals surface area (Å²) >= 11 is 0. The van der Waals surface area contributed by atoms with Gasteiger partial charge in [-0.25, -0.2) is 0 Å². The summed E-state index contributed by atoms with van der Waals surface area (Å²) in [5.41, 5.74) is 2.61. The first-order valence-corrected chi connectivity index (χ1v) is 8.66. The Morgan fingerprint density at radius 2 is 2.09 bits per heavy atom. The van der Waals surface area contributed by atoms with Crippen molar-refractivity contribution in [2.75, 3.05) is 13.1 Å². The first-order chi connectivity index (χ1) is 10.7. The highest BCUT2D eigenvalue weighted by atomic mass is 16.3. The molecule has 4 nitrogen and oxygen atoms in total. The van der Waals surface area contributed by atoms with Gasteiger partial charge in [0.15, 0.2) is 0 Å². The normalized spacial score (nSPS) is 38.4. The third-order valence-corrected chi connectivity index (χ3v) is 5.76. The van der Waals surface area contributed by atoms with E-state index in [9.17, 15) is 15.3 Å². The minimum atomic E-state index is -1.00. The SMILES string of the molecule is C=C1C2=C(C=C(O)C1O)CCN1CC(C)(CC(C)C)C(O)CC21. The molecule has 0 radical (unpaired) electrons. The van der Waals surface area contributed by atoms with Gasteiger partial charge < -0.3 is 15.3 Å². The molecule has 0 amide bonds. The van der Waals surface area contributed by atoms with Crippen LogP contribution in [0.15, 0.2) is 35.1 Å². The average Bonchev–Trinajstić information content (AvgIpc) is 2.45. The number of aliphatic hydroxyl groups is 3. The second-order valence-corrected chi connectivity index (χ2v) is 8.18. The fraction of sp³-hybridized carbons (Fsp3) is 0.684. The average molecular weight is 319 g/mol. The molecule has 0 aromatic heterocycles. The van der Waals surface area contributed by atoms with Crippen molar-refractivity contribution in [2.24, 2.45) is 11.3 Å². The summed E-state index contributed by atoms with van der Waals surface area (Å²) in [7, 11) is 0. The molecule has 23 heavy (non-hydrogen) atoms. The molecule has 0 spiro atoms. The molecule has 0 aromatic carbocycles. The van der Waals surface area contributed by atoms with Gasteiger partial charge in [-0.1, -0.05) is 27.4 Å². The Morgan fingerprint density at radius 1 is 1.39 bits per heavy atom. The predicted octanol–water partition coefficient (Wildman–Crippen LogP) is 2.55. The Labute approximate surface area is 138 Å². The Hall–Kier alpha value is -1.10. The first kappa shape index (κ1) is 16.7. The summed E-state index contributed by atoms with van der Waals surface area (Å²) in [6, 6.07) is 0.0977. The molecular weight excluding hydrogens is 290 g/mol. The van der Waals surface area contributed by atoms with Crippen molar-refractivity contribution in [2.45, 2.75) is 58.3 Å². The lowest BCUT2D eigenvalue weighted by Crippen LogP contribution is -2.58. The zero-order valence-electron chi connectivity index (χ0n) is 14.4. The van der Waals surface area contributed by atoms with Gasteiger partial charge in [0, 0.05) is 24.5 Å². The lowest BCUT2D eigenvalue weighted by molar-refractivity contribution is -0.0661. The van der Waals surface area contributed by atoms with Crippen LogP contribution in [-0.2, 0) is 0 Å². The first-order valence-electron chi connectivity index (χ1n) is 8.66. The molecule has 3 N–H and O–H groups in total. The van der Waals surface area contributed by atoms with Crippen LogP contribution < -0.4 is 0 Å². The molecule has 3 aliphatic rings. The van der Waals surface area contributed by atoms with E-state index in [0.29, 0.717) is 17.9 Å². The number of aliphatic hydroxyl groups excluding tert-OH is 3. The summed E-state index contributed by atoms with van der Waals surface area (Å²) in [5, 5.41) is 30.8. The molecule has 128 valence electrons. The summed E-state index contributed by atoms with van der Waals surface area (Å²) in [5.74, 6) is 0.542. The maximum Gasteiger partial charge on any atom is 0.136 e. The van der Waals surface area contributed by atoms with Gasteiger partial charge in [0.1, 0.15) is 11.9 Å². The maximum absolute atomic E-state index is 10.8. The fourth-order valence-electron chi connectivity index (χ4n) is 4.76. The molecule has 4 atom stereocenters. The number of hydrogen-bond donors (Lipinski definition) is 3. The zero-order valence-corrected chi connectivity index (χ0v) is 14.4. The van der Waals surface area contributed by atoms with Gasteiger partial charge in [0.05, 0.1) is 6.10 Å². The number of nitrogens with zero attached hydrogens (tertiary/aromatic N) is 1. The molecule has 1 fully saturated rings. The van der Waals surface area contributed by atoms with E-state index in [-0.39, 0.29) is 23.3 Å². The van der Waals surface area contributed by atoms with E-state index in [1.54, 1.807) is 6.08 Å². The van der Waals surface area contributed by atoms with Gasteiger partial charge in [-0.2, -0.15) is 0 Å². The third-order valence-electron chi connectivity index (χ3n) is 5.76. The highest BCUT2D eigenvalue weighted by molar-refractivity contribution is 5.52. The maximum atomic E-state index is 10.8. The summed E-state index contributed by atoms with van der Waals surface area (Å²) in [4.78, 5) is 2.43. The van der Waals surface area contributed by atoms with E-state index in [1.165, 1.54) is 0 Å². The van der Waals surface area contributed by atoms with Crippen LogP contribution in [0.25, 0.3) is 0 Å². The second kappa shape index (κ2) is 5.76. The van der Waals surface area contributed by atoms with Crippen molar-refractivity contribution in [1.29, 1.82) is 0 Å². The highest BCUT2D eigenvalue weighted by Gasteiger charge is 2.47. The van der Waals surface area contributed by atoms with Crippen molar-refractivity contribution < 1.29 is 15.3 Å². The lowest BCUT2D eigenvalue weighted by atomic mass is 9.68. The van der Waals surface area contributed by atoms with Crippen LogP contribution >= 0.6 is 0 Å². The molecule has 3 rings (SSSR count). The summed E-state index contributed by atoms with van der Waals surface area (Å²) in [6.07, 6.45) is 2.86. The molecule has 1 aliphatic carbocycles. The minimum absolute atomic E-state index is 0.0109. The molecule has 2 heterocycles. The quantitative estimate of drug-likeness (QED) is 0.732. The van der Waals surface area contributed by atoms with E-state index < -0.39 is 6.10 Å². The Balaban J connectivity index is 1.90. The number of rotatable bonds is 2. The standard InChI is InChI=1S/C19H29NO3/c1-11(2)9-19(4)10-20-6-5-13-7-15(21)18(23)12(3)17(13)14(20)8-16(19)22/h7,11,14,16,18,21-23H,3,5-6,8-10H2,1-2,4H3. The molecule has 1 saturated heterocycles. The third kappa shape index (κ3) is 2.77. The molecular formula is C19H29NO3. The monoisotopic (exact) mass is 319 g/mol. The van der Waals surface area contributed by atoms with E-state index >= 15 is 0 Å². The van der Waals surface area contributed by atoms with Crippen LogP contribution in [0.5, 0.6) is 0 Å². The largest absolute Gasteiger partial charge is 0.509 e. The predicted molar refractivity (Wildman–Crippen MR) is 91.0 cm³/mol. The van der Waals surface area contributed by atoms with Gasteiger partial charge >= 0.3 is 0 Å². The van der Waals surface area contributed by atoms with Gasteiger partial charge in [-0.15, -0.1) is 0 Å². The van der Waals surface area contributed by atoms with Crippen LogP contribution in [0.2, 0.25) is 0 Å². The topological polar surface area (TPSA) is 63.9 Å². The van der Waals surface area contributed by atoms with Crippen LogP contribution in [0.1, 0.15) is 40.0 Å². The summed E-state index contributed by atoms with van der Waals surface area (Å²) < 4.78 is 0. The Morgan fingerprint density at radius 3 is 2.74 bits per heavy atom. The zero-order chi connectivity index (χ0) is 16.9. The van der Waals surface area contributed by atoms with Gasteiger partial charge in [0.25, 0.3) is 0 Å². The van der Waals surface area contributed by atoms with E-state index in [0.717, 1.165) is 37.1 Å². The highest BCUT2D eigenvalue weighted by Crippen LogP contribution is 2.45. The van der Waals surface area contributed by atoms with Crippen molar-refractivity contribution in [3.8, 4) is 0 Å². The van der Waals surface area contributed by atoms with Crippen LogP contribution in [0.4, 0.5) is 0 Å². The van der Waals surface area contributed by atoms with Gasteiger partial charge in [-0.05, 0) is 48.0 Å². The molecule has 4 heteroatoms. The Bertz CT molecular complexity index is 577. The van der Waals surface area contributed by atoms with Crippen LogP contribution in [0, 0.1) is 11.3 Å². The molecule has 4 unspecified atom stereocenters. The lowest BCUT2D eigenvalue weighted by Gasteiger charge is -2.52. The van der Waals surface area contributed by atoms with Crippen molar-refractivity contribution >= 4 is 0 Å². The number of fused-ring (bicyclic) bond motifs is 2. The smallest absolute Gasteiger partial charge is 0.136 e. The van der Waals surface area contributed by atoms with E-state index in [2.05, 4.69) is 32.3 Å². The summed E-state index contributed by atoms with van der Waals surface area (Å²) in [6.45, 7) is 12.4. The fourth-order valence-corrected chi connectivity index (χ4v) is 4.76. The van der Waals surface area contributed by atoms with Gasteiger partial charge in [-0.3, -0.25) is 4.90 Å². The van der Waals surface area contributed by atoms with Crippen molar-refractivity contribution in [3.63, 3.8) is 0 Å². The second-order valence-electron chi connectivity index (χ2n) is 8.18.